The highest BCUT2D eigenvalue weighted by Crippen LogP contribution is 2.37. The van der Waals surface area contributed by atoms with E-state index in [1.165, 1.54) is 26.2 Å². The van der Waals surface area contributed by atoms with Gasteiger partial charge >= 0.3 is 0 Å². The van der Waals surface area contributed by atoms with Gasteiger partial charge in [0.2, 0.25) is 8.40 Å². The van der Waals surface area contributed by atoms with Gasteiger partial charge in [0.1, 0.15) is 0 Å². The van der Waals surface area contributed by atoms with E-state index in [9.17, 15) is 0 Å². The smallest absolute Gasteiger partial charge is 0.211 e. The maximum atomic E-state index is 2.79. The molecule has 2 nitrogen and oxygen atoms in total. The van der Waals surface area contributed by atoms with Gasteiger partial charge in [-0.25, -0.2) is 0 Å². The normalized spacial score (nSPS) is 13.4. The quantitative estimate of drug-likeness (QED) is 0.609. The molecule has 0 aliphatic heterocycles. The lowest BCUT2D eigenvalue weighted by molar-refractivity contribution is 0.328. The van der Waals surface area contributed by atoms with Crippen LogP contribution in [0, 0.1) is 0 Å². The Morgan fingerprint density at radius 2 is 0.882 bits per heavy atom. The molecule has 17 heavy (non-hydrogen) atoms. The molecule has 0 aromatic carbocycles. The zero-order valence-electron chi connectivity index (χ0n) is 13.4. The van der Waals surface area contributed by atoms with Crippen molar-refractivity contribution in [1.29, 1.82) is 0 Å². The Kier molecular flexibility index (Phi) is 7.61. The fourth-order valence-electron chi connectivity index (χ4n) is 3.79. The topological polar surface area (TPSA) is 6.48 Å². The second-order valence-corrected chi connectivity index (χ2v) is 10.6. The van der Waals surface area contributed by atoms with Gasteiger partial charge in [-0.2, -0.15) is 0 Å². The average molecular weight is 259 g/mol. The third kappa shape index (κ3) is 3.12. The first-order chi connectivity index (χ1) is 7.93. The molecule has 0 heterocycles. The van der Waals surface area contributed by atoms with Crippen molar-refractivity contribution < 1.29 is 0 Å². The van der Waals surface area contributed by atoms with Gasteiger partial charge in [0.25, 0.3) is 0 Å². The summed E-state index contributed by atoms with van der Waals surface area (Å²) in [7, 11) is -1.54. The lowest BCUT2D eigenvalue weighted by Crippen LogP contribution is -2.69. The van der Waals surface area contributed by atoms with Gasteiger partial charge < -0.3 is 9.13 Å². The Bertz CT molecular complexity index is 174. The van der Waals surface area contributed by atoms with Crippen LogP contribution in [0.2, 0.25) is 11.1 Å². The van der Waals surface area contributed by atoms with Crippen LogP contribution in [0.25, 0.3) is 0 Å². The summed E-state index contributed by atoms with van der Waals surface area (Å²) in [5, 5.41) is 0. The van der Waals surface area contributed by atoms with E-state index < -0.39 is 8.40 Å². The molecule has 0 aromatic rings. The Hall–Kier alpha value is 0.137. The minimum absolute atomic E-state index is 0.780. The van der Waals surface area contributed by atoms with Crippen LogP contribution in [-0.4, -0.2) is 43.7 Å². The third-order valence-corrected chi connectivity index (χ3v) is 10.9. The van der Waals surface area contributed by atoms with Crippen LogP contribution in [0.4, 0.5) is 0 Å². The summed E-state index contributed by atoms with van der Waals surface area (Å²) >= 11 is 0. The first-order valence-corrected chi connectivity index (χ1v) is 9.48. The van der Waals surface area contributed by atoms with Gasteiger partial charge in [-0.1, -0.05) is 55.4 Å². The largest absolute Gasteiger partial charge is 0.312 e. The van der Waals surface area contributed by atoms with Crippen molar-refractivity contribution in [2.45, 2.75) is 66.5 Å². The van der Waals surface area contributed by atoms with Crippen molar-refractivity contribution in [3.8, 4) is 0 Å². The number of rotatable bonds is 8. The first-order valence-electron chi connectivity index (χ1n) is 7.43. The summed E-state index contributed by atoms with van der Waals surface area (Å²) in [4.78, 5) is 0. The molecule has 0 atom stereocenters. The van der Waals surface area contributed by atoms with Crippen LogP contribution in [0.1, 0.15) is 55.4 Å². The maximum Gasteiger partial charge on any atom is 0.211 e. The van der Waals surface area contributed by atoms with Gasteiger partial charge in [-0.05, 0) is 37.3 Å². The van der Waals surface area contributed by atoms with E-state index in [-0.39, 0.29) is 0 Å². The monoisotopic (exact) mass is 258 g/mol. The molecule has 0 radical (unpaired) electrons. The fourth-order valence-corrected chi connectivity index (χ4v) is 10.5. The molecule has 0 saturated carbocycles. The highest BCUT2D eigenvalue weighted by atomic mass is 28.4. The Balaban J connectivity index is 5.56. The third-order valence-electron chi connectivity index (χ3n) is 4.24. The van der Waals surface area contributed by atoms with Gasteiger partial charge in [0, 0.05) is 0 Å². The molecule has 0 spiro atoms. The summed E-state index contributed by atoms with van der Waals surface area (Å²) in [6.07, 6.45) is 0. The van der Waals surface area contributed by atoms with Crippen molar-refractivity contribution >= 4 is 8.40 Å². The molecular weight excluding hydrogens is 224 g/mol. The Morgan fingerprint density at radius 1 is 0.647 bits per heavy atom. The maximum absolute atomic E-state index is 2.79. The van der Waals surface area contributed by atoms with Crippen molar-refractivity contribution in [2.24, 2.45) is 0 Å². The molecule has 0 fully saturated rings. The summed E-state index contributed by atoms with van der Waals surface area (Å²) in [6.45, 7) is 23.8. The van der Waals surface area contributed by atoms with Crippen molar-refractivity contribution in [1.82, 2.24) is 9.13 Å². The SMILES string of the molecule is CCN(CC)[Si](C(C)C)(C(C)C)N(CC)CC. The van der Waals surface area contributed by atoms with E-state index in [4.69, 9.17) is 0 Å². The molecule has 104 valence electrons. The molecule has 3 heteroatoms. The summed E-state index contributed by atoms with van der Waals surface area (Å²) in [5.74, 6) is 0. The van der Waals surface area contributed by atoms with E-state index in [0.717, 1.165) is 11.1 Å². The molecule has 0 aliphatic carbocycles. The number of hydrogen-bond donors (Lipinski definition) is 0. The predicted molar refractivity (Wildman–Crippen MR) is 81.8 cm³/mol. The van der Waals surface area contributed by atoms with Crippen molar-refractivity contribution in [3.05, 3.63) is 0 Å². The first kappa shape index (κ1) is 17.1. The zero-order valence-corrected chi connectivity index (χ0v) is 14.4. The second-order valence-electron chi connectivity index (χ2n) is 5.44. The summed E-state index contributed by atoms with van der Waals surface area (Å²) in [5.41, 5.74) is 1.56. The molecule has 0 saturated heterocycles. The lowest BCUT2D eigenvalue weighted by atomic mass is 10.5. The summed E-state index contributed by atoms with van der Waals surface area (Å²) < 4.78 is 5.57. The second kappa shape index (κ2) is 7.55. The van der Waals surface area contributed by atoms with E-state index in [1.54, 1.807) is 0 Å². The van der Waals surface area contributed by atoms with Crippen molar-refractivity contribution in [3.63, 3.8) is 0 Å². The highest BCUT2D eigenvalue weighted by molar-refractivity contribution is 6.77. The Labute approximate surface area is 111 Å². The van der Waals surface area contributed by atoms with Crippen LogP contribution in [0.3, 0.4) is 0 Å². The van der Waals surface area contributed by atoms with E-state index in [0.29, 0.717) is 0 Å². The molecule has 0 aliphatic rings. The minimum atomic E-state index is -1.54. The standard InChI is InChI=1S/C14H34N2Si/c1-9-15(10-2)17(13(5)6,14(7)8)16(11-3)12-4/h13-14H,9-12H2,1-8H3. The molecule has 0 rings (SSSR count). The minimum Gasteiger partial charge on any atom is -0.312 e. The number of hydrogen-bond acceptors (Lipinski definition) is 2. The molecule has 0 N–H and O–H groups in total. The molecule has 0 unspecified atom stereocenters. The van der Waals surface area contributed by atoms with E-state index in [1.807, 2.05) is 0 Å². The predicted octanol–water partition coefficient (Wildman–Crippen LogP) is 3.93. The van der Waals surface area contributed by atoms with E-state index in [2.05, 4.69) is 64.5 Å². The van der Waals surface area contributed by atoms with Crippen molar-refractivity contribution in [2.75, 3.05) is 26.2 Å². The van der Waals surface area contributed by atoms with Gasteiger partial charge in [-0.3, -0.25) is 0 Å². The lowest BCUT2D eigenvalue weighted by Gasteiger charge is -2.53. The highest BCUT2D eigenvalue weighted by Gasteiger charge is 2.48. The van der Waals surface area contributed by atoms with Crippen LogP contribution < -0.4 is 0 Å². The summed E-state index contributed by atoms with van der Waals surface area (Å²) in [6, 6.07) is 0. The molecule has 0 aromatic heterocycles. The Morgan fingerprint density at radius 3 is 1.00 bits per heavy atom. The average Bonchev–Trinajstić information content (AvgIpc) is 2.28. The van der Waals surface area contributed by atoms with Gasteiger partial charge in [0.15, 0.2) is 0 Å². The molecule has 0 bridgehead atoms. The van der Waals surface area contributed by atoms with Crippen LogP contribution in [-0.2, 0) is 0 Å². The van der Waals surface area contributed by atoms with Crippen LogP contribution in [0.5, 0.6) is 0 Å². The van der Waals surface area contributed by atoms with Gasteiger partial charge in [0.05, 0.1) is 0 Å². The fraction of sp³-hybridized carbons (Fsp3) is 1.00. The van der Waals surface area contributed by atoms with Crippen LogP contribution >= 0.6 is 0 Å². The molecular formula is C14H34N2Si. The van der Waals surface area contributed by atoms with Gasteiger partial charge in [-0.15, -0.1) is 0 Å². The van der Waals surface area contributed by atoms with E-state index >= 15 is 0 Å². The zero-order chi connectivity index (χ0) is 13.6. The number of nitrogens with zero attached hydrogens (tertiary/aromatic N) is 2. The van der Waals surface area contributed by atoms with Crippen LogP contribution in [0.15, 0.2) is 0 Å². The molecule has 0 amide bonds.